The van der Waals surface area contributed by atoms with Crippen molar-refractivity contribution in [2.45, 2.75) is 32.0 Å². The fourth-order valence-electron chi connectivity index (χ4n) is 1.46. The summed E-state index contributed by atoms with van der Waals surface area (Å²) in [4.78, 5) is 21.8. The second kappa shape index (κ2) is 7.37. The highest BCUT2D eigenvalue weighted by Crippen LogP contribution is 1.91. The van der Waals surface area contributed by atoms with Crippen molar-refractivity contribution in [2.24, 2.45) is 0 Å². The van der Waals surface area contributed by atoms with Crippen LogP contribution in [0, 0.1) is 0 Å². The van der Waals surface area contributed by atoms with Crippen LogP contribution in [0.25, 0.3) is 0 Å². The average molecular weight is 270 g/mol. The minimum Gasteiger partial charge on any atom is -0.479 e. The number of rotatable bonds is 7. The van der Waals surface area contributed by atoms with Crippen molar-refractivity contribution in [2.75, 3.05) is 6.54 Å². The molecule has 106 valence electrons. The van der Waals surface area contributed by atoms with Gasteiger partial charge >= 0.3 is 12.0 Å². The van der Waals surface area contributed by atoms with Gasteiger partial charge in [0.1, 0.15) is 0 Å². The maximum Gasteiger partial charge on any atom is 0.332 e. The fraction of sp³-hybridized carbons (Fsp3) is 0.545. The highest BCUT2D eigenvalue weighted by Gasteiger charge is 2.13. The van der Waals surface area contributed by atoms with E-state index in [1.807, 2.05) is 6.92 Å². The van der Waals surface area contributed by atoms with E-state index in [0.29, 0.717) is 6.54 Å². The molecule has 2 amide bonds. The molecule has 1 heterocycles. The van der Waals surface area contributed by atoms with Crippen LogP contribution in [0.2, 0.25) is 0 Å². The molecule has 0 fully saturated rings. The van der Waals surface area contributed by atoms with Gasteiger partial charge in [-0.05, 0) is 13.0 Å². The third-order valence-electron chi connectivity index (χ3n) is 2.39. The Kier molecular flexibility index (Phi) is 5.80. The summed E-state index contributed by atoms with van der Waals surface area (Å²) in [6.45, 7) is 2.46. The van der Waals surface area contributed by atoms with Gasteiger partial charge in [0.05, 0.1) is 6.54 Å². The minimum atomic E-state index is -1.46. The van der Waals surface area contributed by atoms with Crippen LogP contribution >= 0.6 is 0 Å². The number of carboxylic acids is 1. The molecule has 0 aliphatic carbocycles. The Morgan fingerprint density at radius 2 is 2.21 bits per heavy atom. The van der Waals surface area contributed by atoms with Crippen LogP contribution < -0.4 is 10.6 Å². The first-order valence-corrected chi connectivity index (χ1v) is 5.91. The van der Waals surface area contributed by atoms with E-state index in [1.54, 1.807) is 23.1 Å². The van der Waals surface area contributed by atoms with E-state index in [9.17, 15) is 9.59 Å². The maximum atomic E-state index is 11.5. The number of nitrogens with zero attached hydrogens (tertiary/aromatic N) is 2. The summed E-state index contributed by atoms with van der Waals surface area (Å²) in [5, 5.41) is 26.6. The number of carbonyl (C=O) groups excluding carboxylic acids is 1. The monoisotopic (exact) mass is 270 g/mol. The molecule has 0 aliphatic rings. The van der Waals surface area contributed by atoms with Gasteiger partial charge in [0, 0.05) is 31.4 Å². The summed E-state index contributed by atoms with van der Waals surface area (Å²) >= 11 is 0. The zero-order chi connectivity index (χ0) is 14.3. The first kappa shape index (κ1) is 15.0. The minimum absolute atomic E-state index is 0.0315. The number of carboxylic acid groups (broad SMARTS) is 1. The van der Waals surface area contributed by atoms with E-state index in [0.717, 1.165) is 0 Å². The number of amides is 2. The Balaban J connectivity index is 2.18. The summed E-state index contributed by atoms with van der Waals surface area (Å²) in [7, 11) is 0. The van der Waals surface area contributed by atoms with Crippen LogP contribution in [0.5, 0.6) is 0 Å². The van der Waals surface area contributed by atoms with Crippen molar-refractivity contribution in [1.29, 1.82) is 0 Å². The van der Waals surface area contributed by atoms with Crippen molar-refractivity contribution < 1.29 is 19.8 Å². The number of aliphatic carboxylic acids is 1. The number of carbonyl (C=O) groups is 2. The molecule has 8 nitrogen and oxygen atoms in total. The number of aliphatic hydroxyl groups excluding tert-OH is 1. The van der Waals surface area contributed by atoms with Crippen LogP contribution in [0.4, 0.5) is 4.79 Å². The van der Waals surface area contributed by atoms with E-state index in [2.05, 4.69) is 15.7 Å². The van der Waals surface area contributed by atoms with Crippen molar-refractivity contribution in [1.82, 2.24) is 20.4 Å². The third-order valence-corrected chi connectivity index (χ3v) is 2.39. The zero-order valence-corrected chi connectivity index (χ0v) is 10.6. The highest BCUT2D eigenvalue weighted by atomic mass is 16.4. The predicted octanol–water partition coefficient (Wildman–Crippen LogP) is -0.594. The number of aromatic nitrogens is 2. The predicted molar refractivity (Wildman–Crippen MR) is 66.5 cm³/mol. The van der Waals surface area contributed by atoms with E-state index in [-0.39, 0.29) is 19.0 Å². The molecule has 0 aliphatic heterocycles. The van der Waals surface area contributed by atoms with E-state index >= 15 is 0 Å². The number of nitrogens with one attached hydrogen (secondary N) is 2. The number of aliphatic hydroxyl groups is 1. The van der Waals surface area contributed by atoms with Crippen LogP contribution in [-0.4, -0.2) is 50.7 Å². The smallest absolute Gasteiger partial charge is 0.332 e. The van der Waals surface area contributed by atoms with Gasteiger partial charge in [0.25, 0.3) is 0 Å². The second-order valence-corrected chi connectivity index (χ2v) is 4.17. The maximum absolute atomic E-state index is 11.5. The van der Waals surface area contributed by atoms with Crippen molar-refractivity contribution in [3.63, 3.8) is 0 Å². The molecule has 1 aromatic heterocycles. The van der Waals surface area contributed by atoms with Gasteiger partial charge < -0.3 is 20.8 Å². The molecule has 4 N–H and O–H groups in total. The number of hydrogen-bond donors (Lipinski definition) is 4. The molecule has 1 rings (SSSR count). The molecule has 0 bridgehead atoms. The quantitative estimate of drug-likeness (QED) is 0.528. The van der Waals surface area contributed by atoms with Gasteiger partial charge in [-0.15, -0.1) is 0 Å². The van der Waals surface area contributed by atoms with Gasteiger partial charge in [-0.3, -0.25) is 4.68 Å². The van der Waals surface area contributed by atoms with Crippen molar-refractivity contribution >= 4 is 12.0 Å². The molecule has 1 aromatic rings. The standard InChI is InChI=1S/C11H18N4O4/c1-8(7-15-6-2-4-13-15)14-11(19)12-5-3-9(16)10(17)18/h2,4,6,8-9,16H,3,5,7H2,1H3,(H,17,18)(H2,12,14,19)/t8?,9-/m0/s1. The molecular weight excluding hydrogens is 252 g/mol. The van der Waals surface area contributed by atoms with Crippen LogP contribution in [0.3, 0.4) is 0 Å². The highest BCUT2D eigenvalue weighted by molar-refractivity contribution is 5.74. The lowest BCUT2D eigenvalue weighted by molar-refractivity contribution is -0.146. The molecule has 0 saturated carbocycles. The SMILES string of the molecule is CC(Cn1cccn1)NC(=O)NCC[C@H](O)C(=O)O. The van der Waals surface area contributed by atoms with E-state index < -0.39 is 18.1 Å². The Morgan fingerprint density at radius 3 is 2.79 bits per heavy atom. The second-order valence-electron chi connectivity index (χ2n) is 4.17. The lowest BCUT2D eigenvalue weighted by Gasteiger charge is -2.15. The summed E-state index contributed by atoms with van der Waals surface area (Å²) < 4.78 is 1.69. The normalized spacial score (nSPS) is 13.6. The van der Waals surface area contributed by atoms with E-state index in [4.69, 9.17) is 10.2 Å². The Morgan fingerprint density at radius 1 is 1.47 bits per heavy atom. The first-order valence-electron chi connectivity index (χ1n) is 5.91. The molecule has 0 saturated heterocycles. The fourth-order valence-corrected chi connectivity index (χ4v) is 1.46. The van der Waals surface area contributed by atoms with Gasteiger partial charge in [-0.2, -0.15) is 5.10 Å². The van der Waals surface area contributed by atoms with Crippen LogP contribution in [0.1, 0.15) is 13.3 Å². The average Bonchev–Trinajstić information content (AvgIpc) is 2.81. The molecule has 19 heavy (non-hydrogen) atoms. The van der Waals surface area contributed by atoms with Gasteiger partial charge in [-0.25, -0.2) is 9.59 Å². The lowest BCUT2D eigenvalue weighted by Crippen LogP contribution is -2.43. The van der Waals surface area contributed by atoms with Gasteiger partial charge in [0.15, 0.2) is 6.10 Å². The summed E-state index contributed by atoms with van der Waals surface area (Å²) in [6, 6.07) is 1.27. The van der Waals surface area contributed by atoms with Crippen LogP contribution in [0.15, 0.2) is 18.5 Å². The van der Waals surface area contributed by atoms with Gasteiger partial charge in [-0.1, -0.05) is 0 Å². The molecule has 0 aromatic carbocycles. The molecule has 2 atom stereocenters. The van der Waals surface area contributed by atoms with Crippen LogP contribution in [-0.2, 0) is 11.3 Å². The molecular formula is C11H18N4O4. The van der Waals surface area contributed by atoms with E-state index in [1.165, 1.54) is 0 Å². The Bertz CT molecular complexity index is 407. The Labute approximate surface area is 110 Å². The third kappa shape index (κ3) is 5.87. The summed E-state index contributed by atoms with van der Waals surface area (Å²) in [5.74, 6) is -1.30. The summed E-state index contributed by atoms with van der Waals surface area (Å²) in [6.07, 6.45) is 1.96. The van der Waals surface area contributed by atoms with Crippen molar-refractivity contribution in [3.8, 4) is 0 Å². The first-order chi connectivity index (χ1) is 8.99. The topological polar surface area (TPSA) is 116 Å². The molecule has 0 radical (unpaired) electrons. The molecule has 1 unspecified atom stereocenters. The zero-order valence-electron chi connectivity index (χ0n) is 10.6. The number of urea groups is 1. The molecule has 8 heteroatoms. The van der Waals surface area contributed by atoms with Crippen molar-refractivity contribution in [3.05, 3.63) is 18.5 Å². The molecule has 0 spiro atoms. The Hall–Kier alpha value is -2.09. The summed E-state index contributed by atoms with van der Waals surface area (Å²) in [5.41, 5.74) is 0. The lowest BCUT2D eigenvalue weighted by atomic mass is 10.2. The number of hydrogen-bond acceptors (Lipinski definition) is 4. The largest absolute Gasteiger partial charge is 0.479 e. The van der Waals surface area contributed by atoms with Gasteiger partial charge in [0.2, 0.25) is 0 Å².